The highest BCUT2D eigenvalue weighted by atomic mass is 32.1. The number of rotatable bonds is 12. The molecule has 0 spiro atoms. The topological polar surface area (TPSA) is 106 Å². The summed E-state index contributed by atoms with van der Waals surface area (Å²) >= 11 is 5.27. The Hall–Kier alpha value is -3.05. The van der Waals surface area contributed by atoms with Crippen molar-refractivity contribution in [3.8, 4) is 25.3 Å². The van der Waals surface area contributed by atoms with Gasteiger partial charge in [0, 0.05) is 43.1 Å². The first kappa shape index (κ1) is 24.1. The van der Waals surface area contributed by atoms with Crippen molar-refractivity contribution in [2.24, 2.45) is 0 Å². The van der Waals surface area contributed by atoms with E-state index >= 15 is 0 Å². The summed E-state index contributed by atoms with van der Waals surface area (Å²) in [5, 5.41) is 20.2. The molecule has 0 amide bonds. The summed E-state index contributed by atoms with van der Waals surface area (Å²) in [6.07, 6.45) is 1.44. The molecule has 7 nitrogen and oxygen atoms in total. The number of aromatic nitrogens is 1. The van der Waals surface area contributed by atoms with E-state index in [1.54, 1.807) is 34.0 Å². The molecule has 0 atom stereocenters. The van der Waals surface area contributed by atoms with Gasteiger partial charge in [-0.3, -0.25) is 0 Å². The van der Waals surface area contributed by atoms with Gasteiger partial charge >= 0.3 is 11.9 Å². The van der Waals surface area contributed by atoms with Crippen molar-refractivity contribution in [2.45, 2.75) is 19.4 Å². The monoisotopic (exact) mass is 515 g/mol. The molecule has 34 heavy (non-hydrogen) atoms. The maximum absolute atomic E-state index is 11.1. The van der Waals surface area contributed by atoms with Crippen LogP contribution in [0.3, 0.4) is 0 Å². The highest BCUT2D eigenvalue weighted by Crippen LogP contribution is 2.39. The van der Waals surface area contributed by atoms with Gasteiger partial charge in [0.15, 0.2) is 11.4 Å². The number of pyridine rings is 1. The van der Waals surface area contributed by atoms with Crippen molar-refractivity contribution in [3.63, 3.8) is 0 Å². The summed E-state index contributed by atoms with van der Waals surface area (Å²) in [6, 6.07) is 15.2. The zero-order chi connectivity index (χ0) is 23.9. The van der Waals surface area contributed by atoms with Crippen LogP contribution in [0.15, 0.2) is 53.9 Å². The van der Waals surface area contributed by atoms with E-state index < -0.39 is 11.9 Å². The SMILES string of the molecule is O=C(O)c1cc(OCCCCOCc2ccc(-c3ccc(-c4cccs4)s3)s2)cc(C(=O)O)n1. The average Bonchev–Trinajstić information content (AvgIpc) is 3.59. The van der Waals surface area contributed by atoms with Gasteiger partial charge < -0.3 is 19.7 Å². The molecule has 0 saturated heterocycles. The number of carbonyl (C=O) groups is 2. The Morgan fingerprint density at radius 1 is 0.824 bits per heavy atom. The highest BCUT2D eigenvalue weighted by molar-refractivity contribution is 7.26. The number of hydrogen-bond acceptors (Lipinski definition) is 8. The number of nitrogens with zero attached hydrogens (tertiary/aromatic N) is 1. The summed E-state index contributed by atoms with van der Waals surface area (Å²) in [6.45, 7) is 1.43. The van der Waals surface area contributed by atoms with Crippen molar-refractivity contribution in [1.29, 1.82) is 0 Å². The predicted octanol–water partition coefficient (Wildman–Crippen LogP) is 6.37. The minimum Gasteiger partial charge on any atom is -0.493 e. The second-order valence-electron chi connectivity index (χ2n) is 7.20. The molecule has 10 heteroatoms. The zero-order valence-corrected chi connectivity index (χ0v) is 20.4. The number of unbranched alkanes of at least 4 members (excludes halogenated alkanes) is 1. The maximum Gasteiger partial charge on any atom is 0.354 e. The van der Waals surface area contributed by atoms with Crippen molar-refractivity contribution in [3.05, 3.63) is 70.2 Å². The molecule has 2 N–H and O–H groups in total. The summed E-state index contributed by atoms with van der Waals surface area (Å²) < 4.78 is 11.3. The summed E-state index contributed by atoms with van der Waals surface area (Å²) in [7, 11) is 0. The Morgan fingerprint density at radius 3 is 2.15 bits per heavy atom. The van der Waals surface area contributed by atoms with Gasteiger partial charge in [-0.1, -0.05) is 6.07 Å². The Bertz CT molecular complexity index is 1230. The van der Waals surface area contributed by atoms with Gasteiger partial charge in [0.05, 0.1) is 13.2 Å². The van der Waals surface area contributed by atoms with E-state index in [0.29, 0.717) is 26.2 Å². The van der Waals surface area contributed by atoms with Crippen molar-refractivity contribution >= 4 is 45.9 Å². The van der Waals surface area contributed by atoms with E-state index in [-0.39, 0.29) is 17.1 Å². The van der Waals surface area contributed by atoms with Crippen LogP contribution in [0.5, 0.6) is 5.75 Å². The first-order valence-corrected chi connectivity index (χ1v) is 12.9. The smallest absolute Gasteiger partial charge is 0.354 e. The number of carboxylic acid groups (broad SMARTS) is 2. The average molecular weight is 516 g/mol. The lowest BCUT2D eigenvalue weighted by atomic mass is 10.2. The minimum atomic E-state index is -1.31. The van der Waals surface area contributed by atoms with E-state index in [2.05, 4.69) is 46.8 Å². The minimum absolute atomic E-state index is 0.174. The summed E-state index contributed by atoms with van der Waals surface area (Å²) in [4.78, 5) is 32.0. The normalized spacial score (nSPS) is 10.9. The van der Waals surface area contributed by atoms with E-state index in [1.807, 2.05) is 0 Å². The van der Waals surface area contributed by atoms with E-state index in [1.165, 1.54) is 31.6 Å². The Labute approximate surface area is 207 Å². The third kappa shape index (κ3) is 6.29. The van der Waals surface area contributed by atoms with Crippen LogP contribution < -0.4 is 4.74 Å². The lowest BCUT2D eigenvalue weighted by Crippen LogP contribution is -2.09. The van der Waals surface area contributed by atoms with Crippen LogP contribution in [0, 0.1) is 0 Å². The van der Waals surface area contributed by atoms with Gasteiger partial charge in [-0.2, -0.15) is 0 Å². The first-order valence-electron chi connectivity index (χ1n) is 10.4. The van der Waals surface area contributed by atoms with Crippen LogP contribution in [0.25, 0.3) is 19.5 Å². The van der Waals surface area contributed by atoms with Gasteiger partial charge in [-0.05, 0) is 48.6 Å². The molecule has 4 aromatic rings. The number of thiophene rings is 3. The lowest BCUT2D eigenvalue weighted by Gasteiger charge is -2.08. The molecule has 0 radical (unpaired) electrons. The fraction of sp³-hybridized carbons (Fsp3) is 0.208. The summed E-state index contributed by atoms with van der Waals surface area (Å²) in [5.74, 6) is -2.44. The van der Waals surface area contributed by atoms with Crippen LogP contribution in [-0.2, 0) is 11.3 Å². The standard InChI is InChI=1S/C24H21NO6S3/c26-23(27)17-12-15(13-18(25-17)24(28)29)31-10-2-1-9-30-14-16-5-6-21(33-16)22-8-7-20(34-22)19-4-3-11-32-19/h3-8,11-13H,1-2,9-10,14H2,(H,26,27)(H,28,29). The molecule has 0 saturated carbocycles. The molecule has 0 aromatic carbocycles. The molecule has 0 aliphatic rings. The lowest BCUT2D eigenvalue weighted by molar-refractivity contribution is 0.0683. The van der Waals surface area contributed by atoms with Crippen LogP contribution in [0.2, 0.25) is 0 Å². The van der Waals surface area contributed by atoms with Crippen molar-refractivity contribution < 1.29 is 29.3 Å². The number of ether oxygens (including phenoxy) is 2. The third-order valence-corrected chi connectivity index (χ3v) is 8.11. The molecular formula is C24H21NO6S3. The molecule has 4 aromatic heterocycles. The molecule has 4 rings (SSSR count). The van der Waals surface area contributed by atoms with Gasteiger partial charge in [0.25, 0.3) is 0 Å². The number of aromatic carboxylic acids is 2. The predicted molar refractivity (Wildman–Crippen MR) is 133 cm³/mol. The van der Waals surface area contributed by atoms with E-state index in [9.17, 15) is 9.59 Å². The molecule has 0 fully saturated rings. The quantitative estimate of drug-likeness (QED) is 0.211. The van der Waals surface area contributed by atoms with Crippen LogP contribution in [0.1, 0.15) is 38.7 Å². The maximum atomic E-state index is 11.1. The van der Waals surface area contributed by atoms with Gasteiger partial charge in [0.2, 0.25) is 0 Å². The molecular weight excluding hydrogens is 494 g/mol. The van der Waals surface area contributed by atoms with E-state index in [0.717, 1.165) is 11.3 Å². The van der Waals surface area contributed by atoms with Gasteiger partial charge in [-0.15, -0.1) is 34.0 Å². The van der Waals surface area contributed by atoms with E-state index in [4.69, 9.17) is 19.7 Å². The largest absolute Gasteiger partial charge is 0.493 e. The number of carboxylic acids is 2. The summed E-state index contributed by atoms with van der Waals surface area (Å²) in [5.41, 5.74) is -0.724. The van der Waals surface area contributed by atoms with Crippen LogP contribution in [-0.4, -0.2) is 40.3 Å². The molecule has 0 unspecified atom stereocenters. The second-order valence-corrected chi connectivity index (χ2v) is 10.4. The Morgan fingerprint density at radius 2 is 1.47 bits per heavy atom. The molecule has 0 bridgehead atoms. The first-order chi connectivity index (χ1) is 16.5. The number of hydrogen-bond donors (Lipinski definition) is 2. The highest BCUT2D eigenvalue weighted by Gasteiger charge is 2.14. The second kappa shape index (κ2) is 11.4. The fourth-order valence-corrected chi connectivity index (χ4v) is 5.96. The third-order valence-electron chi connectivity index (χ3n) is 4.71. The van der Waals surface area contributed by atoms with Gasteiger partial charge in [-0.25, -0.2) is 14.6 Å². The molecule has 4 heterocycles. The molecule has 0 aliphatic carbocycles. The van der Waals surface area contributed by atoms with Crippen LogP contribution >= 0.6 is 34.0 Å². The van der Waals surface area contributed by atoms with Crippen molar-refractivity contribution in [2.75, 3.05) is 13.2 Å². The van der Waals surface area contributed by atoms with Crippen LogP contribution in [0.4, 0.5) is 0 Å². The Balaban J connectivity index is 1.18. The van der Waals surface area contributed by atoms with Crippen molar-refractivity contribution in [1.82, 2.24) is 4.98 Å². The Kier molecular flexibility index (Phi) is 8.07. The van der Waals surface area contributed by atoms with Gasteiger partial charge in [0.1, 0.15) is 5.75 Å². The molecule has 176 valence electrons. The zero-order valence-electron chi connectivity index (χ0n) is 17.9. The molecule has 0 aliphatic heterocycles. The fourth-order valence-electron chi connectivity index (χ4n) is 3.09.